The Bertz CT molecular complexity index is 977. The summed E-state index contributed by atoms with van der Waals surface area (Å²) < 4.78 is 0. The molecule has 30 heavy (non-hydrogen) atoms. The Kier molecular flexibility index (Phi) is 7.63. The maximum Gasteiger partial charge on any atom is 0.253 e. The van der Waals surface area contributed by atoms with E-state index in [1.165, 1.54) is 5.56 Å². The molecule has 0 aliphatic carbocycles. The summed E-state index contributed by atoms with van der Waals surface area (Å²) in [6.07, 6.45) is 0.141. The number of amides is 2. The standard InChI is InChI=1S/C25H25ClN2O2/c1-18(19-10-4-2-5-11-19)17-27-24(29)16-23(20-12-6-3-7-13-20)28-25(30)21-14-8-9-15-22(21)26/h2-15,18,23H,16-17H2,1H3,(H,27,29)(H,28,30)/t18-,23-/m1/s1. The number of hydrogen-bond donors (Lipinski definition) is 2. The van der Waals surface area contributed by atoms with Gasteiger partial charge in [0.25, 0.3) is 5.91 Å². The molecule has 0 aromatic heterocycles. The first-order valence-electron chi connectivity index (χ1n) is 9.96. The molecule has 2 amide bonds. The second-order valence-corrected chi connectivity index (χ2v) is 7.64. The minimum absolute atomic E-state index is 0.119. The van der Waals surface area contributed by atoms with Crippen LogP contribution >= 0.6 is 11.6 Å². The topological polar surface area (TPSA) is 58.2 Å². The molecule has 0 radical (unpaired) electrons. The Morgan fingerprint density at radius 1 is 0.833 bits per heavy atom. The number of nitrogens with one attached hydrogen (secondary N) is 2. The lowest BCUT2D eigenvalue weighted by Gasteiger charge is -2.20. The maximum atomic E-state index is 12.8. The minimum Gasteiger partial charge on any atom is -0.355 e. The van der Waals surface area contributed by atoms with Gasteiger partial charge in [-0.3, -0.25) is 9.59 Å². The summed E-state index contributed by atoms with van der Waals surface area (Å²) in [6.45, 7) is 2.60. The van der Waals surface area contributed by atoms with E-state index in [9.17, 15) is 9.59 Å². The highest BCUT2D eigenvalue weighted by molar-refractivity contribution is 6.33. The Labute approximate surface area is 182 Å². The summed E-state index contributed by atoms with van der Waals surface area (Å²) in [5.41, 5.74) is 2.42. The SMILES string of the molecule is C[C@H](CNC(=O)C[C@@H](NC(=O)c1ccccc1Cl)c1ccccc1)c1ccccc1. The first-order valence-corrected chi connectivity index (χ1v) is 10.3. The van der Waals surface area contributed by atoms with Gasteiger partial charge in [0.1, 0.15) is 0 Å². The van der Waals surface area contributed by atoms with E-state index in [1.54, 1.807) is 24.3 Å². The molecule has 3 aromatic carbocycles. The zero-order valence-electron chi connectivity index (χ0n) is 16.8. The van der Waals surface area contributed by atoms with Crippen molar-refractivity contribution in [2.24, 2.45) is 0 Å². The van der Waals surface area contributed by atoms with Crippen LogP contribution in [0.5, 0.6) is 0 Å². The summed E-state index contributed by atoms with van der Waals surface area (Å²) in [5.74, 6) is -0.228. The van der Waals surface area contributed by atoms with Crippen molar-refractivity contribution >= 4 is 23.4 Å². The number of benzene rings is 3. The average molecular weight is 421 g/mol. The molecule has 2 atom stereocenters. The Balaban J connectivity index is 1.66. The van der Waals surface area contributed by atoms with Crippen molar-refractivity contribution in [1.82, 2.24) is 10.6 Å². The molecule has 3 rings (SSSR count). The quantitative estimate of drug-likeness (QED) is 0.531. The molecule has 0 heterocycles. The van der Waals surface area contributed by atoms with Crippen molar-refractivity contribution in [2.75, 3.05) is 6.54 Å². The van der Waals surface area contributed by atoms with E-state index in [1.807, 2.05) is 60.7 Å². The molecular formula is C25H25ClN2O2. The first-order chi connectivity index (χ1) is 14.5. The van der Waals surface area contributed by atoms with Crippen LogP contribution in [0.3, 0.4) is 0 Å². The highest BCUT2D eigenvalue weighted by Crippen LogP contribution is 2.20. The van der Waals surface area contributed by atoms with Gasteiger partial charge in [-0.05, 0) is 29.2 Å². The van der Waals surface area contributed by atoms with Crippen molar-refractivity contribution in [2.45, 2.75) is 25.3 Å². The third kappa shape index (κ3) is 5.94. The molecule has 0 aliphatic rings. The number of carbonyl (C=O) groups excluding carboxylic acids is 2. The van der Waals surface area contributed by atoms with Gasteiger partial charge in [-0.1, -0.05) is 91.3 Å². The lowest BCUT2D eigenvalue weighted by molar-refractivity contribution is -0.121. The van der Waals surface area contributed by atoms with E-state index in [0.717, 1.165) is 5.56 Å². The largest absolute Gasteiger partial charge is 0.355 e. The fourth-order valence-electron chi connectivity index (χ4n) is 3.24. The van der Waals surface area contributed by atoms with Gasteiger partial charge < -0.3 is 10.6 Å². The van der Waals surface area contributed by atoms with Gasteiger partial charge in [-0.15, -0.1) is 0 Å². The van der Waals surface area contributed by atoms with Crippen molar-refractivity contribution < 1.29 is 9.59 Å². The second kappa shape index (κ2) is 10.6. The van der Waals surface area contributed by atoms with Gasteiger partial charge in [0, 0.05) is 6.54 Å². The Hall–Kier alpha value is -3.11. The molecule has 4 nitrogen and oxygen atoms in total. The highest BCUT2D eigenvalue weighted by Gasteiger charge is 2.20. The highest BCUT2D eigenvalue weighted by atomic mass is 35.5. The van der Waals surface area contributed by atoms with Gasteiger partial charge in [0.2, 0.25) is 5.91 Å². The Morgan fingerprint density at radius 2 is 1.40 bits per heavy atom. The van der Waals surface area contributed by atoms with Gasteiger partial charge in [-0.2, -0.15) is 0 Å². The lowest BCUT2D eigenvalue weighted by atomic mass is 10.0. The van der Waals surface area contributed by atoms with Gasteiger partial charge in [0.15, 0.2) is 0 Å². The van der Waals surface area contributed by atoms with Crippen LogP contribution in [-0.2, 0) is 4.79 Å². The third-order valence-corrected chi connectivity index (χ3v) is 5.32. The monoisotopic (exact) mass is 420 g/mol. The average Bonchev–Trinajstić information content (AvgIpc) is 2.78. The van der Waals surface area contributed by atoms with Crippen molar-refractivity contribution in [3.8, 4) is 0 Å². The van der Waals surface area contributed by atoms with E-state index in [0.29, 0.717) is 17.1 Å². The smallest absolute Gasteiger partial charge is 0.253 e. The van der Waals surface area contributed by atoms with Crippen molar-refractivity contribution in [1.29, 1.82) is 0 Å². The predicted molar refractivity (Wildman–Crippen MR) is 121 cm³/mol. The predicted octanol–water partition coefficient (Wildman–Crippen LogP) is 5.12. The fourth-order valence-corrected chi connectivity index (χ4v) is 3.46. The summed E-state index contributed by atoms with van der Waals surface area (Å²) in [7, 11) is 0. The summed E-state index contributed by atoms with van der Waals surface area (Å²) in [6, 6.07) is 25.9. The molecule has 0 saturated carbocycles. The molecule has 0 aliphatic heterocycles. The zero-order chi connectivity index (χ0) is 21.3. The van der Waals surface area contributed by atoms with Crippen LogP contribution in [0.4, 0.5) is 0 Å². The van der Waals surface area contributed by atoms with Crippen molar-refractivity contribution in [3.05, 3.63) is 107 Å². The lowest BCUT2D eigenvalue weighted by Crippen LogP contribution is -2.35. The fraction of sp³-hybridized carbons (Fsp3) is 0.200. The van der Waals surface area contributed by atoms with Crippen LogP contribution in [0.2, 0.25) is 5.02 Å². The zero-order valence-corrected chi connectivity index (χ0v) is 17.6. The van der Waals surface area contributed by atoms with Gasteiger partial charge >= 0.3 is 0 Å². The number of carbonyl (C=O) groups is 2. The first kappa shape index (κ1) is 21.6. The molecule has 0 saturated heterocycles. The number of rotatable bonds is 8. The van der Waals surface area contributed by atoms with Crippen LogP contribution < -0.4 is 10.6 Å². The van der Waals surface area contributed by atoms with Crippen LogP contribution in [0.25, 0.3) is 0 Å². The summed E-state index contributed by atoms with van der Waals surface area (Å²) in [5, 5.41) is 6.32. The molecule has 154 valence electrons. The number of hydrogen-bond acceptors (Lipinski definition) is 2. The molecule has 3 aromatic rings. The van der Waals surface area contributed by atoms with E-state index in [2.05, 4.69) is 17.6 Å². The Morgan fingerprint density at radius 3 is 2.03 bits per heavy atom. The molecule has 0 spiro atoms. The molecule has 0 fully saturated rings. The molecule has 5 heteroatoms. The second-order valence-electron chi connectivity index (χ2n) is 7.24. The molecule has 0 unspecified atom stereocenters. The molecular weight excluding hydrogens is 396 g/mol. The summed E-state index contributed by atoms with van der Waals surface area (Å²) >= 11 is 6.16. The maximum absolute atomic E-state index is 12.8. The van der Waals surface area contributed by atoms with Crippen LogP contribution in [-0.4, -0.2) is 18.4 Å². The van der Waals surface area contributed by atoms with Crippen molar-refractivity contribution in [3.63, 3.8) is 0 Å². The number of halogens is 1. The van der Waals surface area contributed by atoms with E-state index < -0.39 is 6.04 Å². The van der Waals surface area contributed by atoms with Crippen LogP contribution in [0, 0.1) is 0 Å². The van der Waals surface area contributed by atoms with Crippen LogP contribution in [0.15, 0.2) is 84.9 Å². The molecule has 0 bridgehead atoms. The minimum atomic E-state index is -0.456. The van der Waals surface area contributed by atoms with Crippen LogP contribution in [0.1, 0.15) is 46.8 Å². The van der Waals surface area contributed by atoms with E-state index in [-0.39, 0.29) is 24.2 Å². The summed E-state index contributed by atoms with van der Waals surface area (Å²) in [4.78, 5) is 25.4. The molecule has 2 N–H and O–H groups in total. The van der Waals surface area contributed by atoms with Gasteiger partial charge in [-0.25, -0.2) is 0 Å². The van der Waals surface area contributed by atoms with Gasteiger partial charge in [0.05, 0.1) is 23.0 Å². The van der Waals surface area contributed by atoms with E-state index >= 15 is 0 Å². The van der Waals surface area contributed by atoms with E-state index in [4.69, 9.17) is 11.6 Å². The normalized spacial score (nSPS) is 12.6. The third-order valence-electron chi connectivity index (χ3n) is 4.99.